The number of hydrogen-bond donors (Lipinski definition) is 1. The van der Waals surface area contributed by atoms with Gasteiger partial charge in [0.2, 0.25) is 11.8 Å². The van der Waals surface area contributed by atoms with E-state index in [0.717, 1.165) is 10.7 Å². The molecule has 1 aliphatic rings. The molecule has 0 bridgehead atoms. The molecule has 1 unspecified atom stereocenters. The van der Waals surface area contributed by atoms with Crippen molar-refractivity contribution < 1.29 is 9.59 Å². The molecule has 4 nitrogen and oxygen atoms in total. The summed E-state index contributed by atoms with van der Waals surface area (Å²) >= 11 is 1.63. The van der Waals surface area contributed by atoms with Gasteiger partial charge in [-0.1, -0.05) is 0 Å². The molecule has 1 atom stereocenters. The monoisotopic (exact) mass is 238 g/mol. The van der Waals surface area contributed by atoms with Crippen molar-refractivity contribution in [1.82, 2.24) is 10.3 Å². The minimum atomic E-state index is -0.159. The molecule has 0 aromatic carbocycles. The molecule has 2 rings (SSSR count). The van der Waals surface area contributed by atoms with E-state index in [0.29, 0.717) is 19.3 Å². The molecule has 0 spiro atoms. The Labute approximate surface area is 98.1 Å². The molecule has 0 radical (unpaired) electrons. The molecular formula is C11H14N2O2S. The first-order valence-corrected chi connectivity index (χ1v) is 6.14. The minimum Gasteiger partial charge on any atom is -0.296 e. The van der Waals surface area contributed by atoms with Crippen LogP contribution in [0.1, 0.15) is 28.4 Å². The highest BCUT2D eigenvalue weighted by Gasteiger charge is 2.27. The normalized spacial score (nSPS) is 21.0. The number of aryl methyl sites for hydroxylation is 2. The summed E-state index contributed by atoms with van der Waals surface area (Å²) < 4.78 is 0. The summed E-state index contributed by atoms with van der Waals surface area (Å²) in [7, 11) is 0. The number of rotatable bonds is 2. The van der Waals surface area contributed by atoms with Crippen molar-refractivity contribution >= 4 is 23.2 Å². The number of carbonyl (C=O) groups is 2. The van der Waals surface area contributed by atoms with Gasteiger partial charge < -0.3 is 0 Å². The zero-order valence-electron chi connectivity index (χ0n) is 9.37. The van der Waals surface area contributed by atoms with Crippen molar-refractivity contribution in [3.05, 3.63) is 15.6 Å². The molecule has 1 fully saturated rings. The lowest BCUT2D eigenvalue weighted by atomic mass is 9.95. The first kappa shape index (κ1) is 11.3. The highest BCUT2D eigenvalue weighted by atomic mass is 32.1. The summed E-state index contributed by atoms with van der Waals surface area (Å²) in [6, 6.07) is 0. The van der Waals surface area contributed by atoms with E-state index in [1.165, 1.54) is 4.88 Å². The van der Waals surface area contributed by atoms with Crippen LogP contribution in [0.2, 0.25) is 0 Å². The van der Waals surface area contributed by atoms with Gasteiger partial charge in [-0.3, -0.25) is 14.9 Å². The largest absolute Gasteiger partial charge is 0.296 e. The maximum Gasteiger partial charge on any atom is 0.230 e. The minimum absolute atomic E-state index is 0.0948. The van der Waals surface area contributed by atoms with Crippen molar-refractivity contribution in [1.29, 1.82) is 0 Å². The maximum atomic E-state index is 11.5. The van der Waals surface area contributed by atoms with Gasteiger partial charge in [-0.05, 0) is 20.3 Å². The van der Waals surface area contributed by atoms with Gasteiger partial charge in [0.15, 0.2) is 0 Å². The lowest BCUT2D eigenvalue weighted by molar-refractivity contribution is -0.136. The van der Waals surface area contributed by atoms with Crippen LogP contribution >= 0.6 is 11.3 Å². The summed E-state index contributed by atoms with van der Waals surface area (Å²) in [4.78, 5) is 28.1. The fourth-order valence-corrected chi connectivity index (χ4v) is 2.78. The van der Waals surface area contributed by atoms with E-state index in [-0.39, 0.29) is 17.7 Å². The van der Waals surface area contributed by atoms with Crippen LogP contribution in [0.5, 0.6) is 0 Å². The third-order valence-electron chi connectivity index (χ3n) is 2.85. The first-order valence-electron chi connectivity index (χ1n) is 5.33. The van der Waals surface area contributed by atoms with E-state index >= 15 is 0 Å². The highest BCUT2D eigenvalue weighted by molar-refractivity contribution is 7.11. The molecule has 5 heteroatoms. The summed E-state index contributed by atoms with van der Waals surface area (Å²) in [6.07, 6.45) is 1.74. The Morgan fingerprint density at radius 2 is 2.19 bits per heavy atom. The van der Waals surface area contributed by atoms with Crippen LogP contribution < -0.4 is 5.32 Å². The summed E-state index contributed by atoms with van der Waals surface area (Å²) in [6.45, 7) is 4.00. The van der Waals surface area contributed by atoms with E-state index in [9.17, 15) is 9.59 Å². The van der Waals surface area contributed by atoms with Gasteiger partial charge in [-0.15, -0.1) is 11.3 Å². The van der Waals surface area contributed by atoms with Crippen molar-refractivity contribution in [3.8, 4) is 0 Å². The standard InChI is InChI=1S/C11H14N2O2S/c1-6-7(2)16-10(12-6)5-8-3-4-9(14)13-11(8)15/h8H,3-5H2,1-2H3,(H,13,14,15). The molecule has 1 N–H and O–H groups in total. The van der Waals surface area contributed by atoms with Gasteiger partial charge in [0.1, 0.15) is 0 Å². The zero-order chi connectivity index (χ0) is 11.7. The van der Waals surface area contributed by atoms with Crippen LogP contribution in [-0.4, -0.2) is 16.8 Å². The maximum absolute atomic E-state index is 11.5. The Bertz CT molecular complexity index is 420. The van der Waals surface area contributed by atoms with E-state index in [4.69, 9.17) is 0 Å². The molecule has 0 saturated carbocycles. The Kier molecular flexibility index (Phi) is 3.05. The number of amides is 2. The number of piperidine rings is 1. The second-order valence-electron chi connectivity index (χ2n) is 4.10. The van der Waals surface area contributed by atoms with Crippen LogP contribution in [0.3, 0.4) is 0 Å². The van der Waals surface area contributed by atoms with Gasteiger partial charge >= 0.3 is 0 Å². The van der Waals surface area contributed by atoms with Crippen LogP contribution in [-0.2, 0) is 16.0 Å². The van der Waals surface area contributed by atoms with Crippen LogP contribution in [0.25, 0.3) is 0 Å². The quantitative estimate of drug-likeness (QED) is 0.791. The Balaban J connectivity index is 2.04. The predicted molar refractivity (Wildman–Crippen MR) is 61.2 cm³/mol. The zero-order valence-corrected chi connectivity index (χ0v) is 10.2. The number of hydrogen-bond acceptors (Lipinski definition) is 4. The summed E-state index contributed by atoms with van der Waals surface area (Å²) in [5.41, 5.74) is 1.03. The Hall–Kier alpha value is -1.23. The average molecular weight is 238 g/mol. The lowest BCUT2D eigenvalue weighted by Crippen LogP contribution is -2.41. The lowest BCUT2D eigenvalue weighted by Gasteiger charge is -2.19. The van der Waals surface area contributed by atoms with E-state index in [1.54, 1.807) is 11.3 Å². The van der Waals surface area contributed by atoms with Crippen molar-refractivity contribution in [2.24, 2.45) is 5.92 Å². The molecule has 2 amide bonds. The van der Waals surface area contributed by atoms with Gasteiger partial charge in [-0.2, -0.15) is 0 Å². The van der Waals surface area contributed by atoms with Crippen LogP contribution in [0, 0.1) is 19.8 Å². The number of aromatic nitrogens is 1. The number of carbonyl (C=O) groups excluding carboxylic acids is 2. The van der Waals surface area contributed by atoms with E-state index < -0.39 is 0 Å². The van der Waals surface area contributed by atoms with Crippen molar-refractivity contribution in [2.75, 3.05) is 0 Å². The molecule has 1 aliphatic heterocycles. The Morgan fingerprint density at radius 1 is 1.44 bits per heavy atom. The molecule has 16 heavy (non-hydrogen) atoms. The van der Waals surface area contributed by atoms with Crippen LogP contribution in [0.15, 0.2) is 0 Å². The van der Waals surface area contributed by atoms with Gasteiger partial charge in [0, 0.05) is 23.6 Å². The predicted octanol–water partition coefficient (Wildman–Crippen LogP) is 1.36. The highest BCUT2D eigenvalue weighted by Crippen LogP contribution is 2.23. The van der Waals surface area contributed by atoms with E-state index in [1.807, 2.05) is 13.8 Å². The van der Waals surface area contributed by atoms with E-state index in [2.05, 4.69) is 10.3 Å². The number of nitrogens with one attached hydrogen (secondary N) is 1. The molecular weight excluding hydrogens is 224 g/mol. The topological polar surface area (TPSA) is 59.1 Å². The van der Waals surface area contributed by atoms with Crippen molar-refractivity contribution in [3.63, 3.8) is 0 Å². The third-order valence-corrected chi connectivity index (χ3v) is 3.94. The molecule has 2 heterocycles. The fourth-order valence-electron chi connectivity index (χ4n) is 1.77. The number of imide groups is 1. The fraction of sp³-hybridized carbons (Fsp3) is 0.545. The molecule has 1 aromatic rings. The second kappa shape index (κ2) is 4.33. The van der Waals surface area contributed by atoms with Crippen molar-refractivity contribution in [2.45, 2.75) is 33.1 Å². The SMILES string of the molecule is Cc1nc(CC2CCC(=O)NC2=O)sc1C. The Morgan fingerprint density at radius 3 is 2.75 bits per heavy atom. The van der Waals surface area contributed by atoms with Crippen LogP contribution in [0.4, 0.5) is 0 Å². The van der Waals surface area contributed by atoms with Gasteiger partial charge in [0.25, 0.3) is 0 Å². The number of thiazole rings is 1. The van der Waals surface area contributed by atoms with Gasteiger partial charge in [-0.25, -0.2) is 4.98 Å². The van der Waals surface area contributed by atoms with Gasteiger partial charge in [0.05, 0.1) is 10.7 Å². The molecule has 1 saturated heterocycles. The summed E-state index contributed by atoms with van der Waals surface area (Å²) in [5.74, 6) is -0.405. The smallest absolute Gasteiger partial charge is 0.230 e. The summed E-state index contributed by atoms with van der Waals surface area (Å²) in [5, 5.41) is 3.36. The molecule has 0 aliphatic carbocycles. The number of nitrogens with zero attached hydrogens (tertiary/aromatic N) is 1. The second-order valence-corrected chi connectivity index (χ2v) is 5.39. The molecule has 86 valence electrons. The molecule has 1 aromatic heterocycles. The first-order chi connectivity index (χ1) is 7.56. The average Bonchev–Trinajstić information content (AvgIpc) is 2.51. The third kappa shape index (κ3) is 2.29.